The van der Waals surface area contributed by atoms with E-state index in [0.717, 1.165) is 16.8 Å². The molecular formula is C25H22N2O3. The normalized spacial score (nSPS) is 13.8. The lowest BCUT2D eigenvalue weighted by atomic mass is 10.0. The van der Waals surface area contributed by atoms with Crippen molar-refractivity contribution < 1.29 is 14.3 Å². The van der Waals surface area contributed by atoms with Crippen LogP contribution in [0, 0.1) is 13.8 Å². The summed E-state index contributed by atoms with van der Waals surface area (Å²) in [4.78, 5) is 27.9. The number of aryl methyl sites for hydroxylation is 2. The molecule has 0 radical (unpaired) electrons. The Bertz CT molecular complexity index is 1130. The van der Waals surface area contributed by atoms with Crippen molar-refractivity contribution in [3.63, 3.8) is 0 Å². The number of methoxy groups -OCH3 is 1. The number of amides is 2. The van der Waals surface area contributed by atoms with Gasteiger partial charge in [0.05, 0.1) is 18.4 Å². The van der Waals surface area contributed by atoms with Gasteiger partial charge in [0, 0.05) is 5.69 Å². The van der Waals surface area contributed by atoms with E-state index in [0.29, 0.717) is 22.6 Å². The van der Waals surface area contributed by atoms with Crippen molar-refractivity contribution in [3.8, 4) is 5.75 Å². The monoisotopic (exact) mass is 398 g/mol. The minimum Gasteiger partial charge on any atom is -0.497 e. The van der Waals surface area contributed by atoms with E-state index in [9.17, 15) is 9.59 Å². The molecule has 0 saturated heterocycles. The molecule has 4 rings (SSSR count). The van der Waals surface area contributed by atoms with Crippen molar-refractivity contribution in [2.75, 3.05) is 17.3 Å². The molecule has 150 valence electrons. The van der Waals surface area contributed by atoms with E-state index < -0.39 is 0 Å². The summed E-state index contributed by atoms with van der Waals surface area (Å²) in [5.41, 5.74) is 4.76. The van der Waals surface area contributed by atoms with Gasteiger partial charge in [-0.2, -0.15) is 0 Å². The SMILES string of the molecule is COc1ccc(N2C(=O)C(Nc3ccc(C)cc3)=C(c3ccc(C)cc3)C2=O)cc1. The summed E-state index contributed by atoms with van der Waals surface area (Å²) in [6.07, 6.45) is 0. The highest BCUT2D eigenvalue weighted by Gasteiger charge is 2.40. The number of carbonyl (C=O) groups excluding carboxylic acids is 2. The number of nitrogens with zero attached hydrogens (tertiary/aromatic N) is 1. The molecule has 5 heteroatoms. The molecule has 0 saturated carbocycles. The molecule has 30 heavy (non-hydrogen) atoms. The molecule has 5 nitrogen and oxygen atoms in total. The van der Waals surface area contributed by atoms with E-state index >= 15 is 0 Å². The standard InChI is InChI=1S/C25H22N2O3/c1-16-4-8-18(9-5-16)22-23(26-19-10-6-17(2)7-11-19)25(29)27(24(22)28)20-12-14-21(30-3)15-13-20/h4-15,26H,1-3H3. The van der Waals surface area contributed by atoms with Gasteiger partial charge in [-0.05, 0) is 55.8 Å². The maximum absolute atomic E-state index is 13.4. The number of imide groups is 1. The number of hydrogen-bond acceptors (Lipinski definition) is 4. The van der Waals surface area contributed by atoms with Gasteiger partial charge in [0.1, 0.15) is 11.4 Å². The Balaban J connectivity index is 1.78. The number of anilines is 2. The summed E-state index contributed by atoms with van der Waals surface area (Å²) in [6.45, 7) is 3.98. The van der Waals surface area contributed by atoms with Crippen molar-refractivity contribution in [1.29, 1.82) is 0 Å². The third kappa shape index (κ3) is 3.57. The van der Waals surface area contributed by atoms with Crippen LogP contribution in [-0.2, 0) is 9.59 Å². The fourth-order valence-corrected chi connectivity index (χ4v) is 3.38. The fourth-order valence-electron chi connectivity index (χ4n) is 3.38. The first-order valence-electron chi connectivity index (χ1n) is 9.66. The molecule has 0 unspecified atom stereocenters. The molecular weight excluding hydrogens is 376 g/mol. The second-order valence-corrected chi connectivity index (χ2v) is 7.25. The van der Waals surface area contributed by atoms with Gasteiger partial charge < -0.3 is 10.1 Å². The molecule has 3 aromatic rings. The van der Waals surface area contributed by atoms with E-state index in [2.05, 4.69) is 5.32 Å². The van der Waals surface area contributed by atoms with Crippen LogP contribution in [-0.4, -0.2) is 18.9 Å². The van der Waals surface area contributed by atoms with Crippen LogP contribution in [0.4, 0.5) is 11.4 Å². The number of rotatable bonds is 5. The average molecular weight is 398 g/mol. The van der Waals surface area contributed by atoms with E-state index in [1.54, 1.807) is 31.4 Å². The van der Waals surface area contributed by atoms with Crippen LogP contribution in [0.15, 0.2) is 78.5 Å². The van der Waals surface area contributed by atoms with E-state index in [4.69, 9.17) is 4.74 Å². The number of hydrogen-bond donors (Lipinski definition) is 1. The largest absolute Gasteiger partial charge is 0.497 e. The zero-order valence-corrected chi connectivity index (χ0v) is 17.1. The summed E-state index contributed by atoms with van der Waals surface area (Å²) in [5.74, 6) is -0.0903. The van der Waals surface area contributed by atoms with Crippen molar-refractivity contribution in [1.82, 2.24) is 0 Å². The second-order valence-electron chi connectivity index (χ2n) is 7.25. The van der Waals surface area contributed by atoms with Crippen molar-refractivity contribution in [2.45, 2.75) is 13.8 Å². The zero-order chi connectivity index (χ0) is 21.3. The topological polar surface area (TPSA) is 58.6 Å². The third-order valence-corrected chi connectivity index (χ3v) is 5.08. The van der Waals surface area contributed by atoms with E-state index in [1.807, 2.05) is 62.4 Å². The Labute approximate surface area is 175 Å². The third-order valence-electron chi connectivity index (χ3n) is 5.08. The number of nitrogens with one attached hydrogen (secondary N) is 1. The molecule has 0 atom stereocenters. The maximum Gasteiger partial charge on any atom is 0.282 e. The summed E-state index contributed by atoms with van der Waals surface area (Å²) in [5, 5.41) is 3.18. The van der Waals surface area contributed by atoms with Crippen LogP contribution in [0.1, 0.15) is 16.7 Å². The molecule has 2 amide bonds. The molecule has 0 aliphatic carbocycles. The van der Waals surface area contributed by atoms with Crippen LogP contribution in [0.3, 0.4) is 0 Å². The molecule has 1 aliphatic rings. The second kappa shape index (κ2) is 7.87. The molecule has 1 heterocycles. The van der Waals surface area contributed by atoms with Gasteiger partial charge in [-0.3, -0.25) is 9.59 Å². The maximum atomic E-state index is 13.4. The number of carbonyl (C=O) groups is 2. The van der Waals surface area contributed by atoms with Crippen molar-refractivity contribution in [3.05, 3.63) is 95.2 Å². The minimum atomic E-state index is -0.388. The molecule has 0 aromatic heterocycles. The van der Waals surface area contributed by atoms with Gasteiger partial charge in [0.2, 0.25) is 0 Å². The van der Waals surface area contributed by atoms with Gasteiger partial charge in [-0.15, -0.1) is 0 Å². The van der Waals surface area contributed by atoms with Crippen LogP contribution >= 0.6 is 0 Å². The lowest BCUT2D eigenvalue weighted by Crippen LogP contribution is -2.32. The van der Waals surface area contributed by atoms with E-state index in [-0.39, 0.29) is 17.5 Å². The molecule has 0 spiro atoms. The molecule has 3 aromatic carbocycles. The van der Waals surface area contributed by atoms with Gasteiger partial charge in [0.15, 0.2) is 0 Å². The van der Waals surface area contributed by atoms with Gasteiger partial charge in [-0.25, -0.2) is 4.90 Å². The Kier molecular flexibility index (Phi) is 5.11. The van der Waals surface area contributed by atoms with E-state index in [1.165, 1.54) is 4.90 Å². The Morgan fingerprint density at radius 2 is 1.30 bits per heavy atom. The highest BCUT2D eigenvalue weighted by molar-refractivity contribution is 6.46. The minimum absolute atomic E-state index is 0.267. The predicted molar refractivity (Wildman–Crippen MR) is 118 cm³/mol. The lowest BCUT2D eigenvalue weighted by molar-refractivity contribution is -0.120. The first-order chi connectivity index (χ1) is 14.5. The smallest absolute Gasteiger partial charge is 0.282 e. The summed E-state index contributed by atoms with van der Waals surface area (Å²) >= 11 is 0. The number of benzene rings is 3. The lowest BCUT2D eigenvalue weighted by Gasteiger charge is -2.16. The highest BCUT2D eigenvalue weighted by Crippen LogP contribution is 2.34. The van der Waals surface area contributed by atoms with Gasteiger partial charge in [-0.1, -0.05) is 47.5 Å². The van der Waals surface area contributed by atoms with Crippen molar-refractivity contribution >= 4 is 28.8 Å². The predicted octanol–water partition coefficient (Wildman–Crippen LogP) is 4.71. The summed E-state index contributed by atoms with van der Waals surface area (Å²) < 4.78 is 5.19. The molecule has 1 aliphatic heterocycles. The Morgan fingerprint density at radius 1 is 0.733 bits per heavy atom. The Morgan fingerprint density at radius 3 is 1.87 bits per heavy atom. The molecule has 0 bridgehead atoms. The first kappa shape index (κ1) is 19.5. The van der Waals surface area contributed by atoms with Crippen LogP contribution < -0.4 is 15.0 Å². The average Bonchev–Trinajstić information content (AvgIpc) is 3.00. The van der Waals surface area contributed by atoms with Crippen molar-refractivity contribution in [2.24, 2.45) is 0 Å². The van der Waals surface area contributed by atoms with Crippen LogP contribution in [0.25, 0.3) is 5.57 Å². The Hall–Kier alpha value is -3.86. The summed E-state index contributed by atoms with van der Waals surface area (Å²) in [6, 6.07) is 22.2. The highest BCUT2D eigenvalue weighted by atomic mass is 16.5. The fraction of sp³-hybridized carbons (Fsp3) is 0.120. The summed E-state index contributed by atoms with van der Waals surface area (Å²) in [7, 11) is 1.57. The zero-order valence-electron chi connectivity index (χ0n) is 17.1. The first-order valence-corrected chi connectivity index (χ1v) is 9.66. The number of ether oxygens (including phenoxy) is 1. The van der Waals surface area contributed by atoms with Gasteiger partial charge >= 0.3 is 0 Å². The van der Waals surface area contributed by atoms with Crippen LogP contribution in [0.2, 0.25) is 0 Å². The quantitative estimate of drug-likeness (QED) is 0.633. The molecule has 0 fully saturated rings. The molecule has 1 N–H and O–H groups in total. The van der Waals surface area contributed by atoms with Crippen LogP contribution in [0.5, 0.6) is 5.75 Å². The van der Waals surface area contributed by atoms with Gasteiger partial charge in [0.25, 0.3) is 11.8 Å².